The van der Waals surface area contributed by atoms with Gasteiger partial charge in [0.2, 0.25) is 0 Å². The minimum atomic E-state index is -4.51. The molecule has 0 spiro atoms. The summed E-state index contributed by atoms with van der Waals surface area (Å²) in [6, 6.07) is 8.18. The van der Waals surface area contributed by atoms with E-state index in [1.54, 1.807) is 0 Å². The molecular formula is C24H22Cl3F3N2S. The van der Waals surface area contributed by atoms with Gasteiger partial charge in [-0.05, 0) is 78.7 Å². The Morgan fingerprint density at radius 3 is 2.55 bits per heavy atom. The lowest BCUT2D eigenvalue weighted by Gasteiger charge is -2.18. The van der Waals surface area contributed by atoms with Crippen LogP contribution in [-0.4, -0.2) is 24.0 Å². The summed E-state index contributed by atoms with van der Waals surface area (Å²) < 4.78 is 41.3. The summed E-state index contributed by atoms with van der Waals surface area (Å²) in [7, 11) is 0. The highest BCUT2D eigenvalue weighted by Crippen LogP contribution is 2.41. The molecule has 2 aromatic rings. The zero-order valence-corrected chi connectivity index (χ0v) is 20.8. The van der Waals surface area contributed by atoms with Crippen LogP contribution in [0.5, 0.6) is 0 Å². The molecule has 1 N–H and O–H groups in total. The van der Waals surface area contributed by atoms with Crippen LogP contribution < -0.4 is 5.32 Å². The fraction of sp³-hybridized carbons (Fsp3) is 0.333. The number of rotatable bonds is 6. The minimum Gasteiger partial charge on any atom is -0.361 e. The first-order chi connectivity index (χ1) is 15.6. The Bertz CT molecular complexity index is 1060. The monoisotopic (exact) mass is 532 g/mol. The lowest BCUT2D eigenvalue weighted by Crippen LogP contribution is -2.19. The van der Waals surface area contributed by atoms with Crippen LogP contribution in [0.25, 0.3) is 6.08 Å². The molecule has 0 aromatic heterocycles. The molecule has 0 amide bonds. The van der Waals surface area contributed by atoms with Crippen molar-refractivity contribution >= 4 is 64.4 Å². The van der Waals surface area contributed by atoms with Crippen LogP contribution in [0.2, 0.25) is 15.1 Å². The van der Waals surface area contributed by atoms with Gasteiger partial charge in [-0.15, -0.1) is 0 Å². The maximum Gasteiger partial charge on any atom is 0.399 e. The van der Waals surface area contributed by atoms with Gasteiger partial charge in [-0.25, -0.2) is 4.99 Å². The molecule has 33 heavy (non-hydrogen) atoms. The molecule has 0 saturated heterocycles. The lowest BCUT2D eigenvalue weighted by molar-refractivity contribution is -0.139. The summed E-state index contributed by atoms with van der Waals surface area (Å²) in [5.41, 5.74) is 2.99. The highest BCUT2D eigenvalue weighted by Gasteiger charge is 2.39. The normalized spacial score (nSPS) is 17.0. The molecular weight excluding hydrogens is 512 g/mol. The Morgan fingerprint density at radius 2 is 1.91 bits per heavy atom. The number of nitrogens with zero attached hydrogens (tertiary/aromatic N) is 1. The third kappa shape index (κ3) is 6.72. The Kier molecular flexibility index (Phi) is 8.84. The van der Waals surface area contributed by atoms with Crippen LogP contribution in [0.4, 0.5) is 13.2 Å². The van der Waals surface area contributed by atoms with E-state index in [0.717, 1.165) is 37.4 Å². The van der Waals surface area contributed by atoms with Gasteiger partial charge in [0.1, 0.15) is 0 Å². The van der Waals surface area contributed by atoms with Crippen molar-refractivity contribution in [2.75, 3.05) is 6.54 Å². The number of allylic oxidation sites excluding steroid dienone is 1. The molecule has 0 saturated carbocycles. The first kappa shape index (κ1) is 26.0. The van der Waals surface area contributed by atoms with Gasteiger partial charge in [0, 0.05) is 12.8 Å². The largest absolute Gasteiger partial charge is 0.399 e. The summed E-state index contributed by atoms with van der Waals surface area (Å²) in [6.45, 7) is 2.68. The van der Waals surface area contributed by atoms with E-state index in [1.807, 2.05) is 31.3 Å². The molecule has 0 radical (unpaired) electrons. The molecule has 0 heterocycles. The molecule has 3 rings (SSSR count). The van der Waals surface area contributed by atoms with Crippen LogP contribution in [0.15, 0.2) is 41.4 Å². The summed E-state index contributed by atoms with van der Waals surface area (Å²) in [4.78, 5) is 4.24. The van der Waals surface area contributed by atoms with Crippen molar-refractivity contribution in [3.63, 3.8) is 0 Å². The molecule has 2 aromatic carbocycles. The highest BCUT2D eigenvalue weighted by molar-refractivity contribution is 7.80. The van der Waals surface area contributed by atoms with Crippen molar-refractivity contribution in [1.82, 2.24) is 5.32 Å². The lowest BCUT2D eigenvalue weighted by atomic mass is 9.95. The zero-order valence-electron chi connectivity index (χ0n) is 17.7. The fourth-order valence-corrected chi connectivity index (χ4v) is 4.74. The van der Waals surface area contributed by atoms with Crippen LogP contribution >= 0.6 is 47.0 Å². The van der Waals surface area contributed by atoms with Crippen molar-refractivity contribution in [2.45, 2.75) is 44.2 Å². The van der Waals surface area contributed by atoms with E-state index in [4.69, 9.17) is 47.0 Å². The number of benzene rings is 2. The number of hydrogen-bond donors (Lipinski definition) is 1. The van der Waals surface area contributed by atoms with E-state index >= 15 is 0 Å². The topological polar surface area (TPSA) is 24.4 Å². The number of thiocarbonyl (C=S) groups is 1. The van der Waals surface area contributed by atoms with Crippen LogP contribution in [-0.2, 0) is 6.42 Å². The first-order valence-corrected chi connectivity index (χ1v) is 12.0. The quantitative estimate of drug-likeness (QED) is 0.229. The third-order valence-corrected chi connectivity index (χ3v) is 6.94. The van der Waals surface area contributed by atoms with Crippen LogP contribution in [0.1, 0.15) is 53.9 Å². The molecule has 0 bridgehead atoms. The molecule has 9 heteroatoms. The molecule has 1 aliphatic carbocycles. The number of fused-ring (bicyclic) bond motifs is 1. The van der Waals surface area contributed by atoms with Crippen LogP contribution in [0.3, 0.4) is 0 Å². The molecule has 0 aliphatic heterocycles. The van der Waals surface area contributed by atoms with E-state index in [2.05, 4.69) is 10.3 Å². The van der Waals surface area contributed by atoms with E-state index < -0.39 is 12.1 Å². The second kappa shape index (κ2) is 11.2. The molecule has 0 fully saturated rings. The first-order valence-electron chi connectivity index (χ1n) is 10.4. The zero-order chi connectivity index (χ0) is 24.2. The minimum absolute atomic E-state index is 0.0137. The number of nitrogens with one attached hydrogen (secondary N) is 1. The number of aliphatic imine (C=N–C) groups is 1. The number of hydrogen-bond acceptors (Lipinski definition) is 1. The molecule has 1 aliphatic rings. The Labute approximate surface area is 211 Å². The summed E-state index contributed by atoms with van der Waals surface area (Å²) in [6.07, 6.45) is 2.53. The molecule has 2 unspecified atom stereocenters. The van der Waals surface area contributed by atoms with Gasteiger partial charge in [0.25, 0.3) is 0 Å². The van der Waals surface area contributed by atoms with Crippen molar-refractivity contribution < 1.29 is 13.2 Å². The average molecular weight is 534 g/mol. The van der Waals surface area contributed by atoms with Gasteiger partial charge in [-0.3, -0.25) is 0 Å². The predicted molar refractivity (Wildman–Crippen MR) is 136 cm³/mol. The van der Waals surface area contributed by atoms with Gasteiger partial charge in [-0.2, -0.15) is 13.2 Å². The summed E-state index contributed by atoms with van der Waals surface area (Å²) >= 11 is 22.9. The fourth-order valence-electron chi connectivity index (χ4n) is 3.91. The Hall–Kier alpha value is -1.60. The molecule has 2 nitrogen and oxygen atoms in total. The summed E-state index contributed by atoms with van der Waals surface area (Å²) in [5.74, 6) is -1.53. The Morgan fingerprint density at radius 1 is 1.21 bits per heavy atom. The number of aryl methyl sites for hydroxylation is 1. The van der Waals surface area contributed by atoms with Gasteiger partial charge in [-0.1, -0.05) is 65.2 Å². The maximum atomic E-state index is 13.8. The van der Waals surface area contributed by atoms with E-state index in [-0.39, 0.29) is 20.6 Å². The number of alkyl halides is 3. The van der Waals surface area contributed by atoms with E-state index in [1.165, 1.54) is 23.8 Å². The summed E-state index contributed by atoms with van der Waals surface area (Å²) in [5, 5.41) is 3.46. The van der Waals surface area contributed by atoms with Gasteiger partial charge < -0.3 is 5.32 Å². The van der Waals surface area contributed by atoms with Gasteiger partial charge in [0.15, 0.2) is 5.11 Å². The standard InChI is InChI=1S/C24H22Cl3F3N2S/c1-2-31-23(33)32-10-9-15-5-6-16-11-14(3-7-18(15)16)4-8-19(24(28,29)30)17-12-20(25)22(27)21(26)13-17/h3-4,7-8,10-13,15,19H,2,5-6,9H2,1H3,(H,31,33)/b8-4+,32-10?. The van der Waals surface area contributed by atoms with Crippen molar-refractivity contribution in [3.05, 3.63) is 73.7 Å². The maximum absolute atomic E-state index is 13.8. The van der Waals surface area contributed by atoms with Gasteiger partial charge in [0.05, 0.1) is 21.0 Å². The number of halogens is 6. The van der Waals surface area contributed by atoms with Crippen molar-refractivity contribution in [1.29, 1.82) is 0 Å². The smallest absolute Gasteiger partial charge is 0.361 e. The SMILES string of the molecule is CCNC(=S)N=CCC1CCc2cc(/C=C/C(c3cc(Cl)c(Cl)c(Cl)c3)C(F)(F)F)ccc21. The highest BCUT2D eigenvalue weighted by atomic mass is 35.5. The molecule has 2 atom stereocenters. The third-order valence-electron chi connectivity index (χ3n) is 5.49. The van der Waals surface area contributed by atoms with Crippen molar-refractivity contribution in [2.24, 2.45) is 4.99 Å². The predicted octanol–water partition coefficient (Wildman–Crippen LogP) is 8.39. The average Bonchev–Trinajstić information content (AvgIpc) is 3.13. The molecule has 176 valence electrons. The van der Waals surface area contributed by atoms with Crippen LogP contribution in [0, 0.1) is 0 Å². The van der Waals surface area contributed by atoms with E-state index in [0.29, 0.717) is 16.6 Å². The van der Waals surface area contributed by atoms with Crippen molar-refractivity contribution in [3.8, 4) is 0 Å². The second-order valence-corrected chi connectivity index (χ2v) is 9.33. The Balaban J connectivity index is 1.78. The van der Waals surface area contributed by atoms with Gasteiger partial charge >= 0.3 is 6.18 Å². The second-order valence-electron chi connectivity index (χ2n) is 7.75. The van der Waals surface area contributed by atoms with E-state index in [9.17, 15) is 13.2 Å².